The molecule has 4 heteroatoms. The van der Waals surface area contributed by atoms with E-state index in [9.17, 15) is 0 Å². The lowest BCUT2D eigenvalue weighted by Gasteiger charge is -2.39. The largest absolute Gasteiger partial charge is 0.273 e. The zero-order chi connectivity index (χ0) is 12.4. The van der Waals surface area contributed by atoms with Crippen molar-refractivity contribution in [2.75, 3.05) is 0 Å². The minimum atomic E-state index is 0.635. The van der Waals surface area contributed by atoms with Gasteiger partial charge in [-0.05, 0) is 33.6 Å². The molecule has 4 nitrogen and oxygen atoms in total. The Morgan fingerprint density at radius 1 is 1.35 bits per heavy atom. The van der Waals surface area contributed by atoms with Crippen LogP contribution in [0.25, 0.3) is 0 Å². The fourth-order valence-corrected chi connectivity index (χ4v) is 2.63. The number of nitrogens with zero attached hydrogens (tertiary/aromatic N) is 3. The predicted octanol–water partition coefficient (Wildman–Crippen LogP) is 2.00. The highest BCUT2D eigenvalue weighted by molar-refractivity contribution is 5.15. The maximum Gasteiger partial charge on any atom is 0.0538 e. The molecule has 1 N–H and O–H groups in total. The van der Waals surface area contributed by atoms with Crippen LogP contribution in [0.2, 0.25) is 0 Å². The van der Waals surface area contributed by atoms with Crippen molar-refractivity contribution in [3.05, 3.63) is 17.5 Å². The number of aryl methyl sites for hydroxylation is 1. The monoisotopic (exact) mass is 236 g/mol. The number of hydrogen-bond acceptors (Lipinski definition) is 3. The molecule has 2 unspecified atom stereocenters. The fraction of sp³-hybridized carbons (Fsp3) is 0.769. The van der Waals surface area contributed by atoms with Crippen LogP contribution in [-0.4, -0.2) is 26.9 Å². The molecule has 2 atom stereocenters. The van der Waals surface area contributed by atoms with E-state index in [1.807, 2.05) is 17.9 Å². The summed E-state index contributed by atoms with van der Waals surface area (Å²) < 4.78 is 1.93. The van der Waals surface area contributed by atoms with Gasteiger partial charge < -0.3 is 0 Å². The normalized spacial score (nSPS) is 26.4. The van der Waals surface area contributed by atoms with Crippen LogP contribution >= 0.6 is 0 Å². The Kier molecular flexibility index (Phi) is 3.84. The summed E-state index contributed by atoms with van der Waals surface area (Å²) in [4.78, 5) is 0. The SMILES string of the molecule is Cc1c(CNN2C(C)CCCC2C)cnn1C. The van der Waals surface area contributed by atoms with Gasteiger partial charge in [-0.25, -0.2) is 5.01 Å². The van der Waals surface area contributed by atoms with Crippen molar-refractivity contribution in [3.63, 3.8) is 0 Å². The molecule has 1 aliphatic rings. The highest BCUT2D eigenvalue weighted by atomic mass is 15.5. The molecule has 96 valence electrons. The highest BCUT2D eigenvalue weighted by Gasteiger charge is 2.24. The summed E-state index contributed by atoms with van der Waals surface area (Å²) in [5.74, 6) is 0. The summed E-state index contributed by atoms with van der Waals surface area (Å²) in [6.07, 6.45) is 5.90. The van der Waals surface area contributed by atoms with E-state index in [1.54, 1.807) is 0 Å². The van der Waals surface area contributed by atoms with Crippen molar-refractivity contribution in [1.82, 2.24) is 20.2 Å². The third-order valence-electron chi connectivity index (χ3n) is 3.98. The molecular weight excluding hydrogens is 212 g/mol. The second-order valence-electron chi connectivity index (χ2n) is 5.25. The molecule has 1 aromatic rings. The molecule has 17 heavy (non-hydrogen) atoms. The minimum absolute atomic E-state index is 0.635. The van der Waals surface area contributed by atoms with E-state index in [0.717, 1.165) is 6.54 Å². The van der Waals surface area contributed by atoms with Crippen LogP contribution in [-0.2, 0) is 13.6 Å². The molecule has 1 saturated heterocycles. The number of nitrogens with one attached hydrogen (secondary N) is 1. The maximum atomic E-state index is 4.28. The van der Waals surface area contributed by atoms with E-state index in [1.165, 1.54) is 30.5 Å². The van der Waals surface area contributed by atoms with Crippen LogP contribution in [0.5, 0.6) is 0 Å². The first-order valence-corrected chi connectivity index (χ1v) is 6.59. The van der Waals surface area contributed by atoms with Crippen LogP contribution in [0.4, 0.5) is 0 Å². The van der Waals surface area contributed by atoms with Gasteiger partial charge in [-0.1, -0.05) is 6.42 Å². The topological polar surface area (TPSA) is 33.1 Å². The molecule has 1 fully saturated rings. The van der Waals surface area contributed by atoms with Gasteiger partial charge in [-0.2, -0.15) is 5.10 Å². The Labute approximate surface area is 104 Å². The first kappa shape index (κ1) is 12.6. The Balaban J connectivity index is 1.95. The van der Waals surface area contributed by atoms with Crippen molar-refractivity contribution >= 4 is 0 Å². The number of piperidine rings is 1. The standard InChI is InChI=1S/C13H24N4/c1-10-6-5-7-11(2)17(10)15-9-13-8-14-16(4)12(13)3/h8,10-11,15H,5-7,9H2,1-4H3. The highest BCUT2D eigenvalue weighted by Crippen LogP contribution is 2.20. The molecule has 1 aromatic heterocycles. The lowest BCUT2D eigenvalue weighted by Crippen LogP contribution is -2.51. The van der Waals surface area contributed by atoms with Gasteiger partial charge in [-0.15, -0.1) is 0 Å². The van der Waals surface area contributed by atoms with Gasteiger partial charge in [0.05, 0.1) is 6.20 Å². The molecule has 0 radical (unpaired) electrons. The van der Waals surface area contributed by atoms with Crippen molar-refractivity contribution in [1.29, 1.82) is 0 Å². The Morgan fingerprint density at radius 2 is 2.00 bits per heavy atom. The smallest absolute Gasteiger partial charge is 0.0538 e. The van der Waals surface area contributed by atoms with E-state index in [0.29, 0.717) is 12.1 Å². The number of hydrogen-bond donors (Lipinski definition) is 1. The minimum Gasteiger partial charge on any atom is -0.273 e. The summed E-state index contributed by atoms with van der Waals surface area (Å²) in [7, 11) is 1.99. The Bertz CT molecular complexity index is 361. The molecule has 0 saturated carbocycles. The summed E-state index contributed by atoms with van der Waals surface area (Å²) >= 11 is 0. The molecule has 1 aliphatic heterocycles. The second-order valence-corrected chi connectivity index (χ2v) is 5.25. The van der Waals surface area contributed by atoms with Gasteiger partial charge in [0.25, 0.3) is 0 Å². The molecule has 0 amide bonds. The van der Waals surface area contributed by atoms with Gasteiger partial charge in [0.2, 0.25) is 0 Å². The Morgan fingerprint density at radius 3 is 2.53 bits per heavy atom. The van der Waals surface area contributed by atoms with E-state index in [-0.39, 0.29) is 0 Å². The predicted molar refractivity (Wildman–Crippen MR) is 69.4 cm³/mol. The van der Waals surface area contributed by atoms with Crippen LogP contribution < -0.4 is 5.43 Å². The number of hydrazine groups is 1. The molecular formula is C13H24N4. The van der Waals surface area contributed by atoms with Crippen molar-refractivity contribution < 1.29 is 0 Å². The van der Waals surface area contributed by atoms with Crippen LogP contribution in [0.1, 0.15) is 44.4 Å². The lowest BCUT2D eigenvalue weighted by atomic mass is 10.00. The van der Waals surface area contributed by atoms with Crippen molar-refractivity contribution in [2.45, 2.75) is 58.7 Å². The van der Waals surface area contributed by atoms with Crippen molar-refractivity contribution in [2.24, 2.45) is 7.05 Å². The number of aromatic nitrogens is 2. The van der Waals surface area contributed by atoms with Gasteiger partial charge in [0.15, 0.2) is 0 Å². The van der Waals surface area contributed by atoms with E-state index in [4.69, 9.17) is 0 Å². The first-order chi connectivity index (χ1) is 8.09. The maximum absolute atomic E-state index is 4.28. The molecule has 0 bridgehead atoms. The summed E-state index contributed by atoms with van der Waals surface area (Å²) in [5, 5.41) is 6.69. The van der Waals surface area contributed by atoms with Gasteiger partial charge in [0, 0.05) is 36.9 Å². The van der Waals surface area contributed by atoms with Gasteiger partial charge in [-0.3, -0.25) is 10.1 Å². The third-order valence-corrected chi connectivity index (χ3v) is 3.98. The first-order valence-electron chi connectivity index (χ1n) is 6.59. The van der Waals surface area contributed by atoms with Gasteiger partial charge in [0.1, 0.15) is 0 Å². The second kappa shape index (κ2) is 5.19. The molecule has 0 spiro atoms. The zero-order valence-corrected chi connectivity index (χ0v) is 11.4. The van der Waals surface area contributed by atoms with Crippen LogP contribution in [0.3, 0.4) is 0 Å². The van der Waals surface area contributed by atoms with Gasteiger partial charge >= 0.3 is 0 Å². The average molecular weight is 236 g/mol. The Hall–Kier alpha value is -0.870. The van der Waals surface area contributed by atoms with E-state index >= 15 is 0 Å². The van der Waals surface area contributed by atoms with Crippen LogP contribution in [0, 0.1) is 6.92 Å². The van der Waals surface area contributed by atoms with E-state index in [2.05, 4.69) is 36.3 Å². The third kappa shape index (κ3) is 2.69. The average Bonchev–Trinajstić information content (AvgIpc) is 2.60. The summed E-state index contributed by atoms with van der Waals surface area (Å²) in [5.41, 5.74) is 6.11. The van der Waals surface area contributed by atoms with Crippen LogP contribution in [0.15, 0.2) is 6.20 Å². The quantitative estimate of drug-likeness (QED) is 0.871. The molecule has 2 heterocycles. The van der Waals surface area contributed by atoms with E-state index < -0.39 is 0 Å². The molecule has 0 aliphatic carbocycles. The summed E-state index contributed by atoms with van der Waals surface area (Å²) in [6, 6.07) is 1.27. The van der Waals surface area contributed by atoms with Crippen molar-refractivity contribution in [3.8, 4) is 0 Å². The number of rotatable bonds is 3. The zero-order valence-electron chi connectivity index (χ0n) is 11.4. The molecule has 0 aromatic carbocycles. The summed E-state index contributed by atoms with van der Waals surface area (Å²) in [6.45, 7) is 7.61. The lowest BCUT2D eigenvalue weighted by molar-refractivity contribution is 0.0435. The fourth-order valence-electron chi connectivity index (χ4n) is 2.63. The molecule has 2 rings (SSSR count).